The Bertz CT molecular complexity index is 712. The van der Waals surface area contributed by atoms with Crippen molar-refractivity contribution in [2.24, 2.45) is 7.05 Å². The van der Waals surface area contributed by atoms with Crippen molar-refractivity contribution in [1.29, 1.82) is 0 Å². The first-order chi connectivity index (χ1) is 12.5. The quantitative estimate of drug-likeness (QED) is 0.690. The van der Waals surface area contributed by atoms with Gasteiger partial charge in [-0.25, -0.2) is 0 Å². The van der Waals surface area contributed by atoms with Gasteiger partial charge in [-0.1, -0.05) is 30.3 Å². The highest BCUT2D eigenvalue weighted by atomic mass is 16.5. The van der Waals surface area contributed by atoms with Gasteiger partial charge < -0.3 is 19.1 Å². The van der Waals surface area contributed by atoms with E-state index >= 15 is 0 Å². The lowest BCUT2D eigenvalue weighted by Crippen LogP contribution is -2.43. The van der Waals surface area contributed by atoms with Crippen molar-refractivity contribution >= 4 is 11.8 Å². The largest absolute Gasteiger partial charge is 0.383 e. The summed E-state index contributed by atoms with van der Waals surface area (Å²) in [6.07, 6.45) is 1.96. The van der Waals surface area contributed by atoms with Crippen LogP contribution in [0.5, 0.6) is 0 Å². The molecule has 0 spiro atoms. The van der Waals surface area contributed by atoms with Crippen molar-refractivity contribution in [3.63, 3.8) is 0 Å². The van der Waals surface area contributed by atoms with Crippen LogP contribution in [0, 0.1) is 0 Å². The van der Waals surface area contributed by atoms with Crippen LogP contribution >= 0.6 is 0 Å². The lowest BCUT2D eigenvalue weighted by atomic mass is 10.2. The molecule has 1 heterocycles. The molecule has 0 radical (unpaired) electrons. The van der Waals surface area contributed by atoms with Gasteiger partial charge in [-0.15, -0.1) is 0 Å². The van der Waals surface area contributed by atoms with Gasteiger partial charge in [-0.05, 0) is 17.7 Å². The number of amides is 2. The van der Waals surface area contributed by atoms with Crippen molar-refractivity contribution in [1.82, 2.24) is 14.4 Å². The van der Waals surface area contributed by atoms with Crippen LogP contribution in [0.1, 0.15) is 18.2 Å². The second-order valence-corrected chi connectivity index (χ2v) is 6.28. The van der Waals surface area contributed by atoms with E-state index < -0.39 is 0 Å². The first-order valence-corrected chi connectivity index (χ1v) is 8.67. The molecule has 6 heteroatoms. The minimum absolute atomic E-state index is 0.0515. The van der Waals surface area contributed by atoms with E-state index in [1.807, 2.05) is 60.3 Å². The Morgan fingerprint density at radius 1 is 1.04 bits per heavy atom. The Balaban J connectivity index is 2.14. The molecule has 0 atom stereocenters. The van der Waals surface area contributed by atoms with Gasteiger partial charge >= 0.3 is 0 Å². The molecule has 0 aliphatic rings. The number of methoxy groups -OCH3 is 1. The number of carbonyl (C=O) groups is 2. The van der Waals surface area contributed by atoms with Crippen LogP contribution in [0.15, 0.2) is 48.7 Å². The van der Waals surface area contributed by atoms with Crippen LogP contribution in [-0.4, -0.2) is 53.0 Å². The smallest absolute Gasteiger partial charge is 0.242 e. The van der Waals surface area contributed by atoms with Gasteiger partial charge in [-0.2, -0.15) is 0 Å². The summed E-state index contributed by atoms with van der Waals surface area (Å²) in [5, 5.41) is 0. The van der Waals surface area contributed by atoms with Crippen molar-refractivity contribution in [2.75, 3.05) is 26.8 Å². The zero-order valence-corrected chi connectivity index (χ0v) is 15.7. The summed E-state index contributed by atoms with van der Waals surface area (Å²) in [4.78, 5) is 28.1. The molecule has 2 aromatic rings. The number of hydrogen-bond acceptors (Lipinski definition) is 3. The summed E-state index contributed by atoms with van der Waals surface area (Å²) in [6, 6.07) is 13.8. The van der Waals surface area contributed by atoms with Crippen molar-refractivity contribution < 1.29 is 14.3 Å². The van der Waals surface area contributed by atoms with Gasteiger partial charge in [0.1, 0.15) is 0 Å². The van der Waals surface area contributed by atoms with Crippen LogP contribution in [0.25, 0.3) is 0 Å². The molecule has 0 fully saturated rings. The number of aryl methyl sites for hydroxylation is 1. The molecule has 0 aliphatic heterocycles. The molecule has 0 bridgehead atoms. The van der Waals surface area contributed by atoms with Crippen LogP contribution in [0.3, 0.4) is 0 Å². The molecule has 26 heavy (non-hydrogen) atoms. The zero-order chi connectivity index (χ0) is 18.9. The number of hydrogen-bond donors (Lipinski definition) is 0. The van der Waals surface area contributed by atoms with Crippen LogP contribution in [0.2, 0.25) is 0 Å². The first kappa shape index (κ1) is 19.7. The summed E-state index contributed by atoms with van der Waals surface area (Å²) in [5.74, 6) is -0.213. The standard InChI is InChI=1S/C20H27N3O3/c1-17(24)22(12-13-26-3)16-20(25)23(14-18-8-5-4-6-9-18)15-19-10-7-11-21(19)2/h4-11H,12-16H2,1-3H3. The van der Waals surface area contributed by atoms with E-state index in [4.69, 9.17) is 4.74 Å². The normalized spacial score (nSPS) is 10.6. The predicted molar refractivity (Wildman–Crippen MR) is 100 cm³/mol. The molecule has 0 aliphatic carbocycles. The highest BCUT2D eigenvalue weighted by Gasteiger charge is 2.20. The van der Waals surface area contributed by atoms with Crippen LogP contribution in [-0.2, 0) is 34.5 Å². The third kappa shape index (κ3) is 5.74. The molecule has 0 saturated heterocycles. The number of aromatic nitrogens is 1. The van der Waals surface area contributed by atoms with E-state index in [0.29, 0.717) is 26.2 Å². The maximum Gasteiger partial charge on any atom is 0.242 e. The summed E-state index contributed by atoms with van der Waals surface area (Å²) in [7, 11) is 3.54. The maximum absolute atomic E-state index is 12.9. The summed E-state index contributed by atoms with van der Waals surface area (Å²) in [5.41, 5.74) is 2.10. The minimum Gasteiger partial charge on any atom is -0.383 e. The van der Waals surface area contributed by atoms with Gasteiger partial charge in [0.05, 0.1) is 19.7 Å². The SMILES string of the molecule is COCCN(CC(=O)N(Cc1ccccc1)Cc1cccn1C)C(C)=O. The summed E-state index contributed by atoms with van der Waals surface area (Å²) in [6.45, 7) is 3.33. The van der Waals surface area contributed by atoms with Gasteiger partial charge in [0.25, 0.3) is 0 Å². The molecule has 140 valence electrons. The van der Waals surface area contributed by atoms with Gasteiger partial charge in [0.2, 0.25) is 11.8 Å². The number of nitrogens with zero attached hydrogens (tertiary/aromatic N) is 3. The van der Waals surface area contributed by atoms with E-state index in [1.165, 1.54) is 11.8 Å². The Hall–Kier alpha value is -2.60. The van der Waals surface area contributed by atoms with Crippen molar-refractivity contribution in [2.45, 2.75) is 20.0 Å². The fraction of sp³-hybridized carbons (Fsp3) is 0.400. The van der Waals surface area contributed by atoms with E-state index in [2.05, 4.69) is 0 Å². The van der Waals surface area contributed by atoms with E-state index in [-0.39, 0.29) is 18.4 Å². The van der Waals surface area contributed by atoms with E-state index in [0.717, 1.165) is 11.3 Å². The Morgan fingerprint density at radius 3 is 2.35 bits per heavy atom. The molecule has 0 saturated carbocycles. The Labute approximate surface area is 155 Å². The fourth-order valence-electron chi connectivity index (χ4n) is 2.70. The van der Waals surface area contributed by atoms with Crippen LogP contribution < -0.4 is 0 Å². The summed E-state index contributed by atoms with van der Waals surface area (Å²) >= 11 is 0. The third-order valence-electron chi connectivity index (χ3n) is 4.31. The lowest BCUT2D eigenvalue weighted by molar-refractivity contribution is -0.140. The Morgan fingerprint density at radius 2 is 1.77 bits per heavy atom. The third-order valence-corrected chi connectivity index (χ3v) is 4.31. The highest BCUT2D eigenvalue weighted by molar-refractivity contribution is 5.83. The molecule has 2 amide bonds. The molecule has 0 N–H and O–H groups in total. The average molecular weight is 357 g/mol. The number of carbonyl (C=O) groups excluding carboxylic acids is 2. The van der Waals surface area contributed by atoms with Crippen molar-refractivity contribution in [3.8, 4) is 0 Å². The Kier molecular flexibility index (Phi) is 7.41. The first-order valence-electron chi connectivity index (χ1n) is 8.67. The highest BCUT2D eigenvalue weighted by Crippen LogP contribution is 2.11. The average Bonchev–Trinajstić information content (AvgIpc) is 3.03. The number of benzene rings is 1. The molecule has 6 nitrogen and oxygen atoms in total. The van der Waals surface area contributed by atoms with Crippen LogP contribution in [0.4, 0.5) is 0 Å². The molecule has 0 unspecified atom stereocenters. The zero-order valence-electron chi connectivity index (χ0n) is 15.7. The topological polar surface area (TPSA) is 54.8 Å². The maximum atomic E-state index is 12.9. The predicted octanol–water partition coefficient (Wildman–Crippen LogP) is 2.05. The monoisotopic (exact) mass is 357 g/mol. The lowest BCUT2D eigenvalue weighted by Gasteiger charge is -2.27. The van der Waals surface area contributed by atoms with E-state index in [9.17, 15) is 9.59 Å². The number of ether oxygens (including phenoxy) is 1. The molecular weight excluding hydrogens is 330 g/mol. The minimum atomic E-state index is -0.131. The molecular formula is C20H27N3O3. The van der Waals surface area contributed by atoms with Gasteiger partial charge in [0.15, 0.2) is 0 Å². The van der Waals surface area contributed by atoms with Crippen molar-refractivity contribution in [3.05, 3.63) is 59.9 Å². The second kappa shape index (κ2) is 9.77. The summed E-state index contributed by atoms with van der Waals surface area (Å²) < 4.78 is 7.04. The van der Waals surface area contributed by atoms with E-state index in [1.54, 1.807) is 12.0 Å². The second-order valence-electron chi connectivity index (χ2n) is 6.28. The fourth-order valence-corrected chi connectivity index (χ4v) is 2.70. The molecule has 2 rings (SSSR count). The van der Waals surface area contributed by atoms with Gasteiger partial charge in [0, 0.05) is 46.1 Å². The van der Waals surface area contributed by atoms with Gasteiger partial charge in [-0.3, -0.25) is 9.59 Å². The molecule has 1 aromatic carbocycles. The number of rotatable bonds is 9. The molecule has 1 aromatic heterocycles.